The molecule has 1 aliphatic rings. The fourth-order valence-electron chi connectivity index (χ4n) is 2.89. The summed E-state index contributed by atoms with van der Waals surface area (Å²) in [6, 6.07) is 6.82. The highest BCUT2D eigenvalue weighted by molar-refractivity contribution is 8.01. The van der Waals surface area contributed by atoms with Crippen molar-refractivity contribution < 1.29 is 0 Å². The molecule has 0 spiro atoms. The molecule has 104 valence electrons. The lowest BCUT2D eigenvalue weighted by Crippen LogP contribution is -2.34. The lowest BCUT2D eigenvalue weighted by molar-refractivity contribution is 0.144. The molecule has 3 heteroatoms. The summed E-state index contributed by atoms with van der Waals surface area (Å²) < 4.78 is 1.36. The Kier molecular flexibility index (Phi) is 4.97. The van der Waals surface area contributed by atoms with E-state index in [-0.39, 0.29) is 5.92 Å². The van der Waals surface area contributed by atoms with Crippen molar-refractivity contribution in [2.75, 3.05) is 0 Å². The van der Waals surface area contributed by atoms with Gasteiger partial charge in [-0.25, -0.2) is 0 Å². The predicted molar refractivity (Wildman–Crippen MR) is 84.5 cm³/mol. The second-order valence-electron chi connectivity index (χ2n) is 6.18. The molecule has 1 saturated carbocycles. The topological polar surface area (TPSA) is 23.8 Å². The Labute approximate surface area is 125 Å². The minimum Gasteiger partial charge on any atom is -0.198 e. The highest BCUT2D eigenvalue weighted by Gasteiger charge is 2.37. The fourth-order valence-corrected chi connectivity index (χ4v) is 5.24. The van der Waals surface area contributed by atoms with Crippen LogP contribution >= 0.6 is 23.1 Å². The number of nitriles is 1. The number of hydrogen-bond acceptors (Lipinski definition) is 3. The van der Waals surface area contributed by atoms with Crippen LogP contribution in [-0.4, -0.2) is 5.25 Å². The second kappa shape index (κ2) is 6.33. The molecule has 0 aliphatic heterocycles. The van der Waals surface area contributed by atoms with Gasteiger partial charge in [0.25, 0.3) is 0 Å². The molecule has 1 aliphatic carbocycles. The van der Waals surface area contributed by atoms with E-state index in [1.54, 1.807) is 11.3 Å². The molecule has 0 amide bonds. The molecule has 1 fully saturated rings. The third-order valence-electron chi connectivity index (χ3n) is 4.74. The minimum absolute atomic E-state index is 0.232. The van der Waals surface area contributed by atoms with Crippen molar-refractivity contribution in [3.8, 4) is 6.07 Å². The zero-order chi connectivity index (χ0) is 13.9. The molecule has 3 unspecified atom stereocenters. The van der Waals surface area contributed by atoms with Gasteiger partial charge >= 0.3 is 0 Å². The molecular weight excluding hydrogens is 270 g/mol. The molecule has 2 rings (SSSR count). The van der Waals surface area contributed by atoms with Crippen LogP contribution in [0, 0.1) is 28.6 Å². The zero-order valence-corrected chi connectivity index (χ0v) is 13.7. The smallest absolute Gasteiger partial charge is 0.0667 e. The van der Waals surface area contributed by atoms with Gasteiger partial charge in [0.15, 0.2) is 0 Å². The molecule has 1 nitrogen and oxygen atoms in total. The maximum atomic E-state index is 9.38. The second-order valence-corrected chi connectivity index (χ2v) is 8.66. The minimum atomic E-state index is 0.232. The Bertz CT molecular complexity index is 430. The van der Waals surface area contributed by atoms with Gasteiger partial charge in [0.1, 0.15) is 0 Å². The molecule has 0 saturated heterocycles. The van der Waals surface area contributed by atoms with Crippen LogP contribution in [0.1, 0.15) is 46.5 Å². The van der Waals surface area contributed by atoms with Crippen molar-refractivity contribution >= 4 is 23.1 Å². The van der Waals surface area contributed by atoms with Crippen LogP contribution in [0.2, 0.25) is 0 Å². The highest BCUT2D eigenvalue weighted by atomic mass is 32.2. The third-order valence-corrected chi connectivity index (χ3v) is 7.17. The van der Waals surface area contributed by atoms with Crippen molar-refractivity contribution in [3.05, 3.63) is 17.5 Å². The highest BCUT2D eigenvalue weighted by Crippen LogP contribution is 2.47. The molecule has 0 radical (unpaired) electrons. The molecular formula is C16H23NS2. The first-order valence-electron chi connectivity index (χ1n) is 7.16. The summed E-state index contributed by atoms with van der Waals surface area (Å²) in [5.41, 5.74) is 0.411. The number of rotatable bonds is 4. The number of nitrogens with zero attached hydrogens (tertiary/aromatic N) is 1. The van der Waals surface area contributed by atoms with E-state index in [1.807, 2.05) is 11.8 Å². The number of thiophene rings is 1. The van der Waals surface area contributed by atoms with Gasteiger partial charge in [0, 0.05) is 5.25 Å². The first-order chi connectivity index (χ1) is 9.06. The van der Waals surface area contributed by atoms with Gasteiger partial charge in [-0.3, -0.25) is 0 Å². The first-order valence-corrected chi connectivity index (χ1v) is 8.92. The molecule has 3 atom stereocenters. The number of hydrogen-bond donors (Lipinski definition) is 0. The van der Waals surface area contributed by atoms with Gasteiger partial charge in [-0.05, 0) is 42.0 Å². The van der Waals surface area contributed by atoms with Crippen molar-refractivity contribution in [2.24, 2.45) is 17.3 Å². The Morgan fingerprint density at radius 2 is 2.26 bits per heavy atom. The van der Waals surface area contributed by atoms with E-state index >= 15 is 0 Å². The van der Waals surface area contributed by atoms with Crippen LogP contribution in [0.4, 0.5) is 0 Å². The summed E-state index contributed by atoms with van der Waals surface area (Å²) in [6.07, 6.45) is 4.72. The van der Waals surface area contributed by atoms with Crippen molar-refractivity contribution in [1.82, 2.24) is 0 Å². The summed E-state index contributed by atoms with van der Waals surface area (Å²) in [7, 11) is 0. The maximum Gasteiger partial charge on any atom is 0.0667 e. The predicted octanol–water partition coefficient (Wildman–Crippen LogP) is 5.58. The summed E-state index contributed by atoms with van der Waals surface area (Å²) >= 11 is 3.73. The van der Waals surface area contributed by atoms with Gasteiger partial charge in [-0.1, -0.05) is 33.3 Å². The van der Waals surface area contributed by atoms with Gasteiger partial charge < -0.3 is 0 Å². The van der Waals surface area contributed by atoms with Gasteiger partial charge in [0.2, 0.25) is 0 Å². The molecule has 1 aromatic rings. The molecule has 0 bridgehead atoms. The first kappa shape index (κ1) is 14.9. The van der Waals surface area contributed by atoms with Crippen molar-refractivity contribution in [3.63, 3.8) is 0 Å². The van der Waals surface area contributed by atoms with E-state index in [0.29, 0.717) is 10.7 Å². The van der Waals surface area contributed by atoms with E-state index in [4.69, 9.17) is 0 Å². The Balaban J connectivity index is 2.07. The largest absolute Gasteiger partial charge is 0.198 e. The van der Waals surface area contributed by atoms with Crippen molar-refractivity contribution in [2.45, 2.75) is 55.9 Å². The van der Waals surface area contributed by atoms with E-state index in [9.17, 15) is 5.26 Å². The zero-order valence-electron chi connectivity index (χ0n) is 12.1. The SMILES string of the molecule is CCC(C)(C)C1CCC(C#N)C(Sc2cccs2)C1. The van der Waals surface area contributed by atoms with Crippen molar-refractivity contribution in [1.29, 1.82) is 5.26 Å². The quantitative estimate of drug-likeness (QED) is 0.723. The summed E-state index contributed by atoms with van der Waals surface area (Å²) in [5.74, 6) is 0.996. The fraction of sp³-hybridized carbons (Fsp3) is 0.688. The Hall–Kier alpha value is -0.460. The Morgan fingerprint density at radius 1 is 1.47 bits per heavy atom. The van der Waals surface area contributed by atoms with Gasteiger partial charge in [-0.15, -0.1) is 23.1 Å². The molecule has 1 aromatic heterocycles. The average molecular weight is 294 g/mol. The summed E-state index contributed by atoms with van der Waals surface area (Å²) in [4.78, 5) is 0. The van der Waals surface area contributed by atoms with Gasteiger partial charge in [-0.2, -0.15) is 5.26 Å². The standard InChI is InChI=1S/C16H23NS2/c1-4-16(2,3)13-8-7-12(11-17)14(10-13)19-15-6-5-9-18-15/h5-6,9,12-14H,4,7-8,10H2,1-3H3. The normalized spacial score (nSPS) is 28.0. The van der Waals surface area contributed by atoms with Crippen LogP contribution in [-0.2, 0) is 0 Å². The van der Waals surface area contributed by atoms with Crippen LogP contribution < -0.4 is 0 Å². The monoisotopic (exact) mass is 293 g/mol. The molecule has 0 N–H and O–H groups in total. The van der Waals surface area contributed by atoms with Crippen LogP contribution in [0.5, 0.6) is 0 Å². The van der Waals surface area contributed by atoms with E-state index < -0.39 is 0 Å². The molecule has 1 heterocycles. The van der Waals surface area contributed by atoms with Crippen LogP contribution in [0.25, 0.3) is 0 Å². The lowest BCUT2D eigenvalue weighted by atomic mass is 9.67. The molecule has 0 aromatic carbocycles. The maximum absolute atomic E-state index is 9.38. The number of thioether (sulfide) groups is 1. The third kappa shape index (κ3) is 3.55. The van der Waals surface area contributed by atoms with E-state index in [0.717, 1.165) is 12.3 Å². The summed E-state index contributed by atoms with van der Waals surface area (Å²) in [5, 5.41) is 12.0. The van der Waals surface area contributed by atoms with Crippen LogP contribution in [0.3, 0.4) is 0 Å². The van der Waals surface area contributed by atoms with E-state index in [1.165, 1.54) is 23.5 Å². The lowest BCUT2D eigenvalue weighted by Gasteiger charge is -2.41. The van der Waals surface area contributed by atoms with E-state index in [2.05, 4.69) is 44.4 Å². The molecule has 19 heavy (non-hydrogen) atoms. The van der Waals surface area contributed by atoms with Crippen LogP contribution in [0.15, 0.2) is 21.7 Å². The average Bonchev–Trinajstić information content (AvgIpc) is 2.91. The summed E-state index contributed by atoms with van der Waals surface area (Å²) in [6.45, 7) is 7.06. The van der Waals surface area contributed by atoms with Gasteiger partial charge in [0.05, 0.1) is 16.2 Å². The Morgan fingerprint density at radius 3 is 2.84 bits per heavy atom.